The van der Waals surface area contributed by atoms with Crippen molar-refractivity contribution in [2.45, 2.75) is 19.9 Å². The third kappa shape index (κ3) is 4.61. The van der Waals surface area contributed by atoms with Crippen molar-refractivity contribution in [1.82, 2.24) is 5.32 Å². The fraction of sp³-hybridized carbons (Fsp3) is 0.211. The Morgan fingerprint density at radius 2 is 1.96 bits per heavy atom. The van der Waals surface area contributed by atoms with Gasteiger partial charge in [0.25, 0.3) is 5.91 Å². The summed E-state index contributed by atoms with van der Waals surface area (Å²) in [4.78, 5) is 12.3. The topological polar surface area (TPSA) is 64.3 Å². The second-order valence-electron chi connectivity index (χ2n) is 5.60. The number of ether oxygens (including phenoxy) is 1. The molecule has 3 N–H and O–H groups in total. The van der Waals surface area contributed by atoms with Crippen LogP contribution in [-0.4, -0.2) is 12.5 Å². The molecule has 0 bridgehead atoms. The zero-order valence-corrected chi connectivity index (χ0v) is 13.5. The average Bonchev–Trinajstić information content (AvgIpc) is 2.54. The minimum absolute atomic E-state index is 0.0794. The number of nitrogens with one attached hydrogen (secondary N) is 1. The first-order valence-corrected chi connectivity index (χ1v) is 7.50. The van der Waals surface area contributed by atoms with E-state index in [2.05, 4.69) is 11.9 Å². The number of carbonyl (C=O) groups is 1. The van der Waals surface area contributed by atoms with Crippen LogP contribution in [-0.2, 0) is 0 Å². The molecule has 0 aliphatic rings. The lowest BCUT2D eigenvalue weighted by molar-refractivity contribution is 0.0940. The quantitative estimate of drug-likeness (QED) is 0.631. The Hall–Kier alpha value is -2.75. The van der Waals surface area contributed by atoms with Crippen LogP contribution in [0.4, 0.5) is 5.69 Å². The Labute approximate surface area is 137 Å². The van der Waals surface area contributed by atoms with Crippen LogP contribution in [0.3, 0.4) is 0 Å². The molecule has 0 radical (unpaired) electrons. The van der Waals surface area contributed by atoms with Crippen molar-refractivity contribution in [2.24, 2.45) is 0 Å². The number of amides is 1. The molecule has 0 aliphatic heterocycles. The van der Waals surface area contributed by atoms with Crippen molar-refractivity contribution in [3.05, 3.63) is 71.8 Å². The first-order valence-electron chi connectivity index (χ1n) is 7.50. The molecule has 0 spiro atoms. The van der Waals surface area contributed by atoms with Gasteiger partial charge in [0.15, 0.2) is 0 Å². The predicted octanol–water partition coefficient (Wildman–Crippen LogP) is 3.71. The Balaban J connectivity index is 2.05. The van der Waals surface area contributed by atoms with E-state index in [-0.39, 0.29) is 11.9 Å². The van der Waals surface area contributed by atoms with Crippen LogP contribution in [0.5, 0.6) is 5.75 Å². The van der Waals surface area contributed by atoms with Gasteiger partial charge in [-0.3, -0.25) is 4.79 Å². The van der Waals surface area contributed by atoms with Gasteiger partial charge in [0.05, 0.1) is 11.7 Å². The summed E-state index contributed by atoms with van der Waals surface area (Å²) in [7, 11) is 0. The standard InChI is InChI=1S/C19H22N2O2/c1-13(2)12-23-18-10-9-16(11-17(18)20)19(22)21-14(3)15-7-5-4-6-8-15/h4-11,14H,1,12,20H2,2-3H3,(H,21,22). The first kappa shape index (κ1) is 16.6. The molecular formula is C19H22N2O2. The highest BCUT2D eigenvalue weighted by atomic mass is 16.5. The molecule has 1 atom stereocenters. The molecule has 4 heteroatoms. The van der Waals surface area contributed by atoms with Crippen LogP contribution in [0.25, 0.3) is 0 Å². The Bertz CT molecular complexity index is 696. The minimum atomic E-state index is -0.167. The van der Waals surface area contributed by atoms with E-state index in [1.807, 2.05) is 44.2 Å². The normalized spacial score (nSPS) is 11.6. The van der Waals surface area contributed by atoms with Gasteiger partial charge in [-0.05, 0) is 43.2 Å². The van der Waals surface area contributed by atoms with Gasteiger partial charge in [0.1, 0.15) is 12.4 Å². The second-order valence-corrected chi connectivity index (χ2v) is 5.60. The van der Waals surface area contributed by atoms with Crippen molar-refractivity contribution in [2.75, 3.05) is 12.3 Å². The SMILES string of the molecule is C=C(C)COc1ccc(C(=O)NC(C)c2ccccc2)cc1N. The van der Waals surface area contributed by atoms with Gasteiger partial charge in [-0.25, -0.2) is 0 Å². The summed E-state index contributed by atoms with van der Waals surface area (Å²) in [5, 5.41) is 2.96. The van der Waals surface area contributed by atoms with Crippen LogP contribution in [0.1, 0.15) is 35.8 Å². The van der Waals surface area contributed by atoms with E-state index in [1.165, 1.54) is 0 Å². The first-order chi connectivity index (χ1) is 11.0. The molecule has 2 aromatic rings. The van der Waals surface area contributed by atoms with Gasteiger partial charge >= 0.3 is 0 Å². The fourth-order valence-corrected chi connectivity index (χ4v) is 2.13. The summed E-state index contributed by atoms with van der Waals surface area (Å²) >= 11 is 0. The predicted molar refractivity (Wildman–Crippen MR) is 93.5 cm³/mol. The average molecular weight is 310 g/mol. The second kappa shape index (κ2) is 7.49. The molecule has 2 aromatic carbocycles. The number of anilines is 1. The summed E-state index contributed by atoms with van der Waals surface area (Å²) in [6.45, 7) is 8.00. The number of benzene rings is 2. The van der Waals surface area contributed by atoms with Crippen LogP contribution in [0.15, 0.2) is 60.7 Å². The number of hydrogen-bond donors (Lipinski definition) is 2. The molecule has 0 saturated carbocycles. The molecule has 2 rings (SSSR count). The van der Waals surface area contributed by atoms with E-state index in [9.17, 15) is 4.79 Å². The number of hydrogen-bond acceptors (Lipinski definition) is 3. The molecular weight excluding hydrogens is 288 g/mol. The summed E-state index contributed by atoms with van der Waals surface area (Å²) in [6, 6.07) is 14.8. The van der Waals surface area contributed by atoms with Crippen LogP contribution in [0, 0.1) is 0 Å². The summed E-state index contributed by atoms with van der Waals surface area (Å²) in [6.07, 6.45) is 0. The van der Waals surface area contributed by atoms with Gasteiger partial charge in [0, 0.05) is 5.56 Å². The molecule has 1 amide bonds. The smallest absolute Gasteiger partial charge is 0.251 e. The largest absolute Gasteiger partial charge is 0.487 e. The third-order valence-electron chi connectivity index (χ3n) is 3.39. The highest BCUT2D eigenvalue weighted by Crippen LogP contribution is 2.23. The zero-order chi connectivity index (χ0) is 16.8. The van der Waals surface area contributed by atoms with E-state index < -0.39 is 0 Å². The number of rotatable bonds is 6. The molecule has 0 aromatic heterocycles. The van der Waals surface area contributed by atoms with Gasteiger partial charge in [-0.2, -0.15) is 0 Å². The zero-order valence-electron chi connectivity index (χ0n) is 13.5. The summed E-state index contributed by atoms with van der Waals surface area (Å²) < 4.78 is 5.53. The maximum absolute atomic E-state index is 12.3. The van der Waals surface area contributed by atoms with Gasteiger partial charge in [0.2, 0.25) is 0 Å². The maximum Gasteiger partial charge on any atom is 0.251 e. The van der Waals surface area contributed by atoms with Gasteiger partial charge in [-0.15, -0.1) is 0 Å². The lowest BCUT2D eigenvalue weighted by Crippen LogP contribution is -2.26. The van der Waals surface area contributed by atoms with E-state index in [0.717, 1.165) is 11.1 Å². The summed E-state index contributed by atoms with van der Waals surface area (Å²) in [5.41, 5.74) is 8.85. The van der Waals surface area contributed by atoms with Crippen molar-refractivity contribution in [3.63, 3.8) is 0 Å². The third-order valence-corrected chi connectivity index (χ3v) is 3.39. The van der Waals surface area contributed by atoms with Crippen LogP contribution >= 0.6 is 0 Å². The molecule has 0 aliphatic carbocycles. The molecule has 0 heterocycles. The highest BCUT2D eigenvalue weighted by molar-refractivity contribution is 5.95. The highest BCUT2D eigenvalue weighted by Gasteiger charge is 2.13. The van der Waals surface area contributed by atoms with Crippen molar-refractivity contribution in [1.29, 1.82) is 0 Å². The molecule has 0 fully saturated rings. The van der Waals surface area contributed by atoms with Gasteiger partial charge in [-0.1, -0.05) is 36.9 Å². The van der Waals surface area contributed by atoms with E-state index in [1.54, 1.807) is 18.2 Å². The number of nitrogen functional groups attached to an aromatic ring is 1. The van der Waals surface area contributed by atoms with E-state index >= 15 is 0 Å². The minimum Gasteiger partial charge on any atom is -0.487 e. The lowest BCUT2D eigenvalue weighted by atomic mass is 10.1. The molecule has 4 nitrogen and oxygen atoms in total. The monoisotopic (exact) mass is 310 g/mol. The maximum atomic E-state index is 12.3. The Kier molecular flexibility index (Phi) is 5.41. The Morgan fingerprint density at radius 3 is 2.57 bits per heavy atom. The lowest BCUT2D eigenvalue weighted by Gasteiger charge is -2.15. The van der Waals surface area contributed by atoms with E-state index in [4.69, 9.17) is 10.5 Å². The van der Waals surface area contributed by atoms with Crippen molar-refractivity contribution in [3.8, 4) is 5.75 Å². The molecule has 120 valence electrons. The molecule has 0 saturated heterocycles. The van der Waals surface area contributed by atoms with E-state index in [0.29, 0.717) is 23.6 Å². The van der Waals surface area contributed by atoms with Crippen LogP contribution in [0.2, 0.25) is 0 Å². The molecule has 23 heavy (non-hydrogen) atoms. The summed E-state index contributed by atoms with van der Waals surface area (Å²) in [5.74, 6) is 0.389. The fourth-order valence-electron chi connectivity index (χ4n) is 2.13. The Morgan fingerprint density at radius 1 is 1.26 bits per heavy atom. The number of nitrogens with two attached hydrogens (primary N) is 1. The van der Waals surface area contributed by atoms with Gasteiger partial charge < -0.3 is 15.8 Å². The van der Waals surface area contributed by atoms with Crippen molar-refractivity contribution < 1.29 is 9.53 Å². The van der Waals surface area contributed by atoms with Crippen molar-refractivity contribution >= 4 is 11.6 Å². The van der Waals surface area contributed by atoms with Crippen LogP contribution < -0.4 is 15.8 Å². The number of carbonyl (C=O) groups excluding carboxylic acids is 1. The molecule has 1 unspecified atom stereocenters.